The first kappa shape index (κ1) is 22.1. The molecule has 4 rings (SSSR count). The third-order valence-electron chi connectivity index (χ3n) is 9.87. The van der Waals surface area contributed by atoms with Gasteiger partial charge < -0.3 is 14.6 Å². The molecule has 0 radical (unpaired) electrons. The summed E-state index contributed by atoms with van der Waals surface area (Å²) in [7, 11) is 0. The van der Waals surface area contributed by atoms with E-state index in [1.54, 1.807) is 0 Å². The average Bonchev–Trinajstić information content (AvgIpc) is 2.97. The van der Waals surface area contributed by atoms with Crippen molar-refractivity contribution in [3.63, 3.8) is 0 Å². The van der Waals surface area contributed by atoms with E-state index in [0.29, 0.717) is 29.6 Å². The molecule has 0 aromatic rings. The van der Waals surface area contributed by atoms with Crippen LogP contribution in [0.3, 0.4) is 0 Å². The number of ether oxygens (including phenoxy) is 2. The third kappa shape index (κ3) is 3.49. The van der Waals surface area contributed by atoms with E-state index >= 15 is 0 Å². The molecule has 0 saturated heterocycles. The molecule has 0 heterocycles. The lowest BCUT2D eigenvalue weighted by molar-refractivity contribution is -0.189. The maximum absolute atomic E-state index is 11.6. The topological polar surface area (TPSA) is 72.8 Å². The third-order valence-corrected chi connectivity index (χ3v) is 9.87. The van der Waals surface area contributed by atoms with Crippen molar-refractivity contribution in [2.75, 3.05) is 0 Å². The molecule has 0 aliphatic heterocycles. The summed E-state index contributed by atoms with van der Waals surface area (Å²) in [5, 5.41) is 11.5. The molecule has 0 aromatic heterocycles. The predicted molar refractivity (Wildman–Crippen MR) is 113 cm³/mol. The van der Waals surface area contributed by atoms with Gasteiger partial charge in [0.25, 0.3) is 0 Å². The summed E-state index contributed by atoms with van der Waals surface area (Å²) in [4.78, 5) is 23.0. The van der Waals surface area contributed by atoms with E-state index in [1.165, 1.54) is 26.7 Å². The summed E-state index contributed by atoms with van der Waals surface area (Å²) >= 11 is 0. The summed E-state index contributed by atoms with van der Waals surface area (Å²) in [5.74, 6) is 1.93. The van der Waals surface area contributed by atoms with Gasteiger partial charge in [-0.1, -0.05) is 13.8 Å². The first-order chi connectivity index (χ1) is 14.1. The number of aliphatic hydroxyl groups excluding tert-OH is 1. The minimum Gasteiger partial charge on any atom is -0.463 e. The first-order valence-electron chi connectivity index (χ1n) is 12.1. The van der Waals surface area contributed by atoms with Crippen LogP contribution in [0.4, 0.5) is 0 Å². The fourth-order valence-electron chi connectivity index (χ4n) is 8.84. The van der Waals surface area contributed by atoms with Crippen LogP contribution in [-0.4, -0.2) is 35.4 Å². The Kier molecular flexibility index (Phi) is 5.74. The molecule has 10 atom stereocenters. The summed E-state index contributed by atoms with van der Waals surface area (Å²) in [6.07, 6.45) is 7.93. The normalized spacial score (nSPS) is 48.7. The Balaban J connectivity index is 1.55. The van der Waals surface area contributed by atoms with Gasteiger partial charge in [0.15, 0.2) is 0 Å². The van der Waals surface area contributed by atoms with Crippen molar-refractivity contribution < 1.29 is 24.2 Å². The number of hydrogen-bond acceptors (Lipinski definition) is 5. The molecular weight excluding hydrogens is 380 g/mol. The number of hydrogen-bond donors (Lipinski definition) is 1. The van der Waals surface area contributed by atoms with E-state index in [2.05, 4.69) is 13.8 Å². The minimum atomic E-state index is -0.306. The smallest absolute Gasteiger partial charge is 0.302 e. The van der Waals surface area contributed by atoms with Gasteiger partial charge in [-0.3, -0.25) is 9.59 Å². The second kappa shape index (κ2) is 7.79. The van der Waals surface area contributed by atoms with E-state index in [9.17, 15) is 14.7 Å². The molecule has 5 heteroatoms. The molecule has 4 aliphatic rings. The van der Waals surface area contributed by atoms with Gasteiger partial charge >= 0.3 is 11.9 Å². The highest BCUT2D eigenvalue weighted by Crippen LogP contribution is 2.68. The van der Waals surface area contributed by atoms with Gasteiger partial charge in [0, 0.05) is 19.8 Å². The van der Waals surface area contributed by atoms with Crippen LogP contribution in [0.25, 0.3) is 0 Å². The quantitative estimate of drug-likeness (QED) is 0.681. The van der Waals surface area contributed by atoms with Gasteiger partial charge in [-0.05, 0) is 92.8 Å². The summed E-state index contributed by atoms with van der Waals surface area (Å²) in [6, 6.07) is 0. The van der Waals surface area contributed by atoms with Gasteiger partial charge in [0.2, 0.25) is 0 Å². The van der Waals surface area contributed by atoms with Crippen LogP contribution in [-0.2, 0) is 19.1 Å². The van der Waals surface area contributed by atoms with Gasteiger partial charge in [0.05, 0.1) is 6.10 Å². The predicted octanol–water partition coefficient (Wildman–Crippen LogP) is 4.50. The van der Waals surface area contributed by atoms with E-state index in [0.717, 1.165) is 38.5 Å². The van der Waals surface area contributed by atoms with Crippen LogP contribution in [0.15, 0.2) is 0 Å². The van der Waals surface area contributed by atoms with Crippen molar-refractivity contribution in [3.05, 3.63) is 0 Å². The van der Waals surface area contributed by atoms with E-state index < -0.39 is 0 Å². The summed E-state index contributed by atoms with van der Waals surface area (Å²) < 4.78 is 11.2. The van der Waals surface area contributed by atoms with Crippen LogP contribution < -0.4 is 0 Å². The number of carbonyl (C=O) groups is 2. The number of fused-ring (bicyclic) bond motifs is 5. The Morgan fingerprint density at radius 1 is 1.00 bits per heavy atom. The van der Waals surface area contributed by atoms with Crippen LogP contribution in [0.2, 0.25) is 0 Å². The zero-order chi connectivity index (χ0) is 21.8. The fourth-order valence-corrected chi connectivity index (χ4v) is 8.84. The number of rotatable bonds is 3. The van der Waals surface area contributed by atoms with Crippen LogP contribution in [0.1, 0.15) is 86.0 Å². The summed E-state index contributed by atoms with van der Waals surface area (Å²) in [5.41, 5.74) is 0.160. The number of aliphatic hydroxyl groups is 1. The van der Waals surface area contributed by atoms with Crippen LogP contribution in [0.5, 0.6) is 0 Å². The lowest BCUT2D eigenvalue weighted by atomic mass is 9.44. The van der Waals surface area contributed by atoms with Gasteiger partial charge in [0.1, 0.15) is 12.2 Å². The zero-order valence-corrected chi connectivity index (χ0v) is 19.4. The molecule has 4 aliphatic carbocycles. The number of esters is 2. The molecule has 1 unspecified atom stereocenters. The Hall–Kier alpha value is -1.10. The maximum atomic E-state index is 11.6. The van der Waals surface area contributed by atoms with Crippen molar-refractivity contribution >= 4 is 11.9 Å². The van der Waals surface area contributed by atoms with Gasteiger partial charge in [-0.2, -0.15) is 0 Å². The van der Waals surface area contributed by atoms with Crippen LogP contribution >= 0.6 is 0 Å². The highest BCUT2D eigenvalue weighted by Gasteiger charge is 2.63. The second-order valence-corrected chi connectivity index (χ2v) is 11.4. The van der Waals surface area contributed by atoms with Crippen molar-refractivity contribution in [2.24, 2.45) is 40.4 Å². The maximum Gasteiger partial charge on any atom is 0.302 e. The van der Waals surface area contributed by atoms with E-state index in [-0.39, 0.29) is 41.1 Å². The lowest BCUT2D eigenvalue weighted by Crippen LogP contribution is -2.59. The van der Waals surface area contributed by atoms with Crippen molar-refractivity contribution in [1.29, 1.82) is 0 Å². The largest absolute Gasteiger partial charge is 0.463 e. The molecule has 0 bridgehead atoms. The van der Waals surface area contributed by atoms with Crippen molar-refractivity contribution in [1.82, 2.24) is 0 Å². The van der Waals surface area contributed by atoms with Crippen LogP contribution in [0, 0.1) is 40.4 Å². The molecule has 0 amide bonds. The number of carbonyl (C=O) groups excluding carboxylic acids is 2. The molecule has 5 nitrogen and oxygen atoms in total. The molecule has 30 heavy (non-hydrogen) atoms. The molecule has 0 spiro atoms. The monoisotopic (exact) mass is 420 g/mol. The molecule has 4 saturated carbocycles. The van der Waals surface area contributed by atoms with Gasteiger partial charge in [-0.25, -0.2) is 0 Å². The van der Waals surface area contributed by atoms with E-state index in [4.69, 9.17) is 9.47 Å². The Morgan fingerprint density at radius 3 is 2.40 bits per heavy atom. The SMILES string of the molecule is CC(=O)OC(C)[C@H]1CC[C@H]2[C@@H]3CC[C@@H]4C[C@H](OC(C)=O)CC[C@]4(C)[C@H]3[C@H](O)C[C@]12C. The molecular formula is C25H40O5. The second-order valence-electron chi connectivity index (χ2n) is 11.4. The molecule has 4 fully saturated rings. The van der Waals surface area contributed by atoms with Crippen molar-refractivity contribution in [2.45, 2.75) is 104 Å². The average molecular weight is 421 g/mol. The summed E-state index contributed by atoms with van der Waals surface area (Å²) in [6.45, 7) is 9.78. The Labute approximate surface area is 181 Å². The lowest BCUT2D eigenvalue weighted by Gasteiger charge is -2.62. The van der Waals surface area contributed by atoms with Crippen molar-refractivity contribution in [3.8, 4) is 0 Å². The zero-order valence-electron chi connectivity index (χ0n) is 19.4. The minimum absolute atomic E-state index is 0.0353. The van der Waals surface area contributed by atoms with E-state index in [1.807, 2.05) is 6.92 Å². The Bertz CT molecular complexity index is 691. The standard InChI is InChI=1S/C25H40O5/c1-14(29-15(2)26)20-8-9-21-19-7-6-17-12-18(30-16(3)27)10-11-24(17,4)23(19)22(28)13-25(20,21)5/h14,17-23,28H,6-13H2,1-5H3/t14?,17-,18-,19+,20-,21+,22-,23-,24+,25-/m1/s1. The highest BCUT2D eigenvalue weighted by atomic mass is 16.5. The van der Waals surface area contributed by atoms with Gasteiger partial charge in [-0.15, -0.1) is 0 Å². The highest BCUT2D eigenvalue weighted by molar-refractivity contribution is 5.66. The molecule has 1 N–H and O–H groups in total. The Morgan fingerprint density at radius 2 is 1.73 bits per heavy atom. The molecule has 170 valence electrons. The molecule has 0 aromatic carbocycles. The first-order valence-corrected chi connectivity index (χ1v) is 12.1. The fraction of sp³-hybridized carbons (Fsp3) is 0.920.